The summed E-state index contributed by atoms with van der Waals surface area (Å²) in [7, 11) is 3.59. The number of anilines is 1. The number of ether oxygens (including phenoxy) is 1. The Labute approximate surface area is 403 Å². The molecule has 16 heteroatoms. The lowest BCUT2D eigenvalue weighted by molar-refractivity contribution is -0.139. The number of H-pyrrole nitrogens is 2. The molecule has 1 atom stereocenters. The molecule has 3 N–H and O–H groups in total. The molecule has 358 valence electrons. The number of likely N-dealkylation sites (tertiary alicyclic amines) is 1. The molecule has 16 nitrogen and oxygen atoms in total. The normalized spacial score (nSPS) is 17.5. The number of hydrogen-bond acceptors (Lipinski definition) is 10. The van der Waals surface area contributed by atoms with Gasteiger partial charge in [-0.25, -0.2) is 9.97 Å². The molecule has 0 saturated carbocycles. The molecule has 2 amide bonds. The van der Waals surface area contributed by atoms with Gasteiger partial charge in [-0.3, -0.25) is 24.1 Å². The van der Waals surface area contributed by atoms with Crippen molar-refractivity contribution in [1.82, 2.24) is 43.8 Å². The van der Waals surface area contributed by atoms with Crippen molar-refractivity contribution >= 4 is 50.3 Å². The molecular formula is C54H56N10O6. The van der Waals surface area contributed by atoms with Crippen LogP contribution in [0.2, 0.25) is 0 Å². The summed E-state index contributed by atoms with van der Waals surface area (Å²) in [5.74, 6) is 1.42. The third-order valence-corrected chi connectivity index (χ3v) is 15.2. The zero-order valence-corrected chi connectivity index (χ0v) is 39.7. The summed E-state index contributed by atoms with van der Waals surface area (Å²) in [6, 6.07) is 23.9. The van der Waals surface area contributed by atoms with Crippen LogP contribution in [0.1, 0.15) is 31.7 Å². The number of carbonyl (C=O) groups is 2. The Morgan fingerprint density at radius 2 is 1.47 bits per heavy atom. The standard InChI is InChI=1S/C54H56N10O6/c1-34-51(67)59(2)24-25-61(34)26-27-70-46-12-11-45-38(9-10-44(58-45)36-6-4-35(5-7-36)41-29-60(3)52(68)49-39(41)14-19-55-49)43(46)31-64-30-42(40-15-20-56-50(40)53(64)69)37-8-13-47(57-28-37)63-23-18-54(33-63)16-21-62(22-17-54)48(66)32-65/h4-15,19-20,28-30,34,55-56,65H,16-18,21-27,31-33H2,1-3H3/t34-/m1/s1. The van der Waals surface area contributed by atoms with E-state index in [0.717, 1.165) is 105 Å². The van der Waals surface area contributed by atoms with Gasteiger partial charge in [0.1, 0.15) is 35.8 Å². The van der Waals surface area contributed by atoms with Crippen molar-refractivity contribution in [3.63, 3.8) is 0 Å². The summed E-state index contributed by atoms with van der Waals surface area (Å²) in [6.07, 6.45) is 12.1. The van der Waals surface area contributed by atoms with Crippen LogP contribution in [0.5, 0.6) is 5.75 Å². The average Bonchev–Trinajstić information content (AvgIpc) is 4.18. The molecular weight excluding hydrogens is 885 g/mol. The predicted octanol–water partition coefficient (Wildman–Crippen LogP) is 5.85. The number of pyridine rings is 4. The number of aliphatic hydroxyl groups excluding tert-OH is 1. The predicted molar refractivity (Wildman–Crippen MR) is 271 cm³/mol. The summed E-state index contributed by atoms with van der Waals surface area (Å²) >= 11 is 0. The Hall–Kier alpha value is -7.56. The van der Waals surface area contributed by atoms with E-state index < -0.39 is 6.61 Å². The molecule has 3 aliphatic heterocycles. The van der Waals surface area contributed by atoms with Crippen molar-refractivity contribution in [2.75, 3.05) is 71.0 Å². The summed E-state index contributed by atoms with van der Waals surface area (Å²) in [4.78, 5) is 76.5. The second-order valence-corrected chi connectivity index (χ2v) is 19.3. The van der Waals surface area contributed by atoms with E-state index in [-0.39, 0.29) is 40.9 Å². The molecule has 2 aromatic carbocycles. The second-order valence-electron chi connectivity index (χ2n) is 19.3. The van der Waals surface area contributed by atoms with Gasteiger partial charge in [-0.05, 0) is 79.6 Å². The van der Waals surface area contributed by atoms with Gasteiger partial charge in [-0.15, -0.1) is 0 Å². The number of nitrogens with one attached hydrogen (secondary N) is 2. The second kappa shape index (κ2) is 18.1. The van der Waals surface area contributed by atoms with Crippen molar-refractivity contribution < 1.29 is 19.4 Å². The third kappa shape index (κ3) is 8.09. The lowest BCUT2D eigenvalue weighted by atomic mass is 9.78. The Balaban J connectivity index is 0.900. The minimum absolute atomic E-state index is 0.0749. The number of rotatable bonds is 11. The molecule has 3 saturated heterocycles. The zero-order valence-electron chi connectivity index (χ0n) is 39.7. The molecule has 3 fully saturated rings. The van der Waals surface area contributed by atoms with Crippen LogP contribution in [0.15, 0.2) is 113 Å². The van der Waals surface area contributed by atoms with Gasteiger partial charge in [0.25, 0.3) is 11.1 Å². The molecule has 0 radical (unpaired) electrons. The molecule has 0 unspecified atom stereocenters. The van der Waals surface area contributed by atoms with Gasteiger partial charge >= 0.3 is 0 Å². The van der Waals surface area contributed by atoms with Crippen molar-refractivity contribution in [1.29, 1.82) is 0 Å². The van der Waals surface area contributed by atoms with E-state index >= 15 is 0 Å². The number of piperidine rings is 1. The van der Waals surface area contributed by atoms with E-state index in [4.69, 9.17) is 14.7 Å². The number of aromatic nitrogens is 6. The Morgan fingerprint density at radius 3 is 2.20 bits per heavy atom. The fourth-order valence-electron chi connectivity index (χ4n) is 11.0. The van der Waals surface area contributed by atoms with E-state index in [1.807, 2.05) is 93.2 Å². The zero-order chi connectivity index (χ0) is 48.3. The highest BCUT2D eigenvalue weighted by molar-refractivity contribution is 5.96. The summed E-state index contributed by atoms with van der Waals surface area (Å²) in [5.41, 5.74) is 7.88. The van der Waals surface area contributed by atoms with Gasteiger partial charge in [0, 0.05) is 135 Å². The molecule has 0 bridgehead atoms. The number of benzene rings is 2. The number of nitrogens with zero attached hydrogens (tertiary/aromatic N) is 8. The van der Waals surface area contributed by atoms with Gasteiger partial charge in [0.15, 0.2) is 0 Å². The number of amides is 2. The minimum atomic E-state index is -0.446. The lowest BCUT2D eigenvalue weighted by Gasteiger charge is -2.39. The number of aryl methyl sites for hydroxylation is 1. The maximum Gasteiger partial charge on any atom is 0.275 e. The lowest BCUT2D eigenvalue weighted by Crippen LogP contribution is -2.55. The summed E-state index contributed by atoms with van der Waals surface area (Å²) in [5, 5.41) is 11.9. The SMILES string of the molecule is C[C@@H]1C(=O)N(C)CCN1CCOc1ccc2nc(-c3ccc(-c4cn(C)c(=O)c5[nH]ccc45)cc3)ccc2c1Cn1cc(-c2ccc(N3CCC4(CCN(C(=O)CO)CC4)C3)nc2)c2cc[nH]c2c1=O. The fraction of sp³-hybridized carbons (Fsp3) is 0.333. The van der Waals surface area contributed by atoms with Crippen LogP contribution in [0.3, 0.4) is 0 Å². The number of likely N-dealkylation sites (N-methyl/N-ethyl adjacent to an activating group) is 1. The quantitative estimate of drug-likeness (QED) is 0.143. The van der Waals surface area contributed by atoms with Crippen LogP contribution in [-0.2, 0) is 23.2 Å². The van der Waals surface area contributed by atoms with Crippen LogP contribution in [0.25, 0.3) is 66.2 Å². The monoisotopic (exact) mass is 940 g/mol. The highest BCUT2D eigenvalue weighted by Crippen LogP contribution is 2.42. The van der Waals surface area contributed by atoms with Crippen LogP contribution in [-0.4, -0.2) is 133 Å². The topological polar surface area (TPSA) is 178 Å². The summed E-state index contributed by atoms with van der Waals surface area (Å²) < 4.78 is 9.94. The molecule has 3 aliphatic rings. The largest absolute Gasteiger partial charge is 0.492 e. The number of fused-ring (bicyclic) bond motifs is 3. The van der Waals surface area contributed by atoms with Gasteiger partial charge < -0.3 is 43.6 Å². The Bertz CT molecular complexity index is 3420. The van der Waals surface area contributed by atoms with Gasteiger partial charge in [0.05, 0.1) is 23.8 Å². The van der Waals surface area contributed by atoms with Crippen molar-refractivity contribution in [3.8, 4) is 39.3 Å². The third-order valence-electron chi connectivity index (χ3n) is 15.2. The molecule has 70 heavy (non-hydrogen) atoms. The van der Waals surface area contributed by atoms with Crippen molar-refractivity contribution in [3.05, 3.63) is 130 Å². The van der Waals surface area contributed by atoms with E-state index in [9.17, 15) is 24.3 Å². The maximum atomic E-state index is 14.4. The first-order valence-electron chi connectivity index (χ1n) is 24.1. The molecule has 1 spiro atoms. The van der Waals surface area contributed by atoms with E-state index in [1.165, 1.54) is 0 Å². The first-order valence-corrected chi connectivity index (χ1v) is 24.1. The Morgan fingerprint density at radius 1 is 0.771 bits per heavy atom. The highest BCUT2D eigenvalue weighted by atomic mass is 16.5. The molecule has 6 aromatic heterocycles. The minimum Gasteiger partial charge on any atom is -0.492 e. The van der Waals surface area contributed by atoms with Crippen molar-refractivity contribution in [2.45, 2.75) is 38.8 Å². The van der Waals surface area contributed by atoms with Gasteiger partial charge in [-0.1, -0.05) is 30.3 Å². The first kappa shape index (κ1) is 44.9. The number of aliphatic hydroxyl groups is 1. The van der Waals surface area contributed by atoms with Crippen LogP contribution in [0, 0.1) is 5.41 Å². The average molecular weight is 941 g/mol. The molecule has 9 heterocycles. The van der Waals surface area contributed by atoms with Crippen LogP contribution < -0.4 is 20.8 Å². The molecule has 8 aromatic rings. The van der Waals surface area contributed by atoms with E-state index in [0.29, 0.717) is 49.6 Å². The Kier molecular flexibility index (Phi) is 11.6. The molecule has 0 aliphatic carbocycles. The maximum absolute atomic E-state index is 14.4. The van der Waals surface area contributed by atoms with Crippen LogP contribution in [0.4, 0.5) is 5.82 Å². The first-order chi connectivity index (χ1) is 34.0. The van der Waals surface area contributed by atoms with E-state index in [1.54, 1.807) is 38.4 Å². The van der Waals surface area contributed by atoms with Gasteiger partial charge in [-0.2, -0.15) is 0 Å². The fourth-order valence-corrected chi connectivity index (χ4v) is 11.0. The number of aromatic amines is 2. The van der Waals surface area contributed by atoms with E-state index in [2.05, 4.69) is 31.9 Å². The highest BCUT2D eigenvalue weighted by Gasteiger charge is 2.41. The van der Waals surface area contributed by atoms with Crippen LogP contribution >= 0.6 is 0 Å². The van der Waals surface area contributed by atoms with Crippen molar-refractivity contribution in [2.24, 2.45) is 12.5 Å². The molecule has 11 rings (SSSR count). The number of carbonyl (C=O) groups excluding carboxylic acids is 2. The summed E-state index contributed by atoms with van der Waals surface area (Å²) in [6.45, 7) is 7.08. The smallest absolute Gasteiger partial charge is 0.275 e. The number of hydrogen-bond donors (Lipinski definition) is 3. The number of piperazine rings is 1. The van der Waals surface area contributed by atoms with Gasteiger partial charge in [0.2, 0.25) is 11.8 Å².